The largest absolute Gasteiger partial charge is 0.444 e. The van der Waals surface area contributed by atoms with Crippen LogP contribution in [0.3, 0.4) is 0 Å². The van der Waals surface area contributed by atoms with Crippen LogP contribution in [0.5, 0.6) is 0 Å². The number of aliphatic hydroxyl groups is 4. The molecule has 0 spiro atoms. The van der Waals surface area contributed by atoms with Crippen LogP contribution >= 0.6 is 0 Å². The highest BCUT2D eigenvalue weighted by atomic mass is 16.7. The van der Waals surface area contributed by atoms with E-state index in [1.54, 1.807) is 69.2 Å². The van der Waals surface area contributed by atoms with Crippen molar-refractivity contribution in [2.45, 2.75) is 198 Å². The first-order valence-electron chi connectivity index (χ1n) is 20.6. The number of nitrogens with one attached hydrogen (secondary N) is 2. The number of β-amino-alcohol motifs (C(OH)–C–C–N with tert-alkyl or cyclic N) is 1. The minimum Gasteiger partial charge on any atom is -0.444 e. The van der Waals surface area contributed by atoms with Gasteiger partial charge < -0.3 is 74.0 Å². The van der Waals surface area contributed by atoms with Crippen LogP contribution in [0, 0.1) is 5.92 Å². The normalized spacial score (nSPS) is 35.1. The molecule has 1 aliphatic carbocycles. The molecule has 0 bridgehead atoms. The lowest BCUT2D eigenvalue weighted by Gasteiger charge is -2.51. The predicted molar refractivity (Wildman–Crippen MR) is 210 cm³/mol. The maximum absolute atomic E-state index is 13.8. The summed E-state index contributed by atoms with van der Waals surface area (Å²) in [7, 11) is 1.36. The summed E-state index contributed by atoms with van der Waals surface area (Å²) in [5.74, 6) is -1.34. The van der Waals surface area contributed by atoms with E-state index in [-0.39, 0.29) is 25.6 Å². The zero-order valence-electron chi connectivity index (χ0n) is 37.0. The Hall–Kier alpha value is -3.04. The van der Waals surface area contributed by atoms with Gasteiger partial charge in [0, 0.05) is 7.05 Å². The van der Waals surface area contributed by atoms with Crippen molar-refractivity contribution >= 4 is 24.2 Å². The standard InChI is InChI=1S/C40H70N4O15/c1-14-22-15-16-23(42-33(48)57-36(3,4)5)30(54-22)55-27-21(2)17-24(41-32(47)40(52)18-44(19-40)35(50)59-38(9,10)11)28(25(27)45)56-31-26(46)29(39(12,51)20-53-31)43(13)34(49)58-37(6,7)8/h21-31,45-46,51-52H,14-20H2,1-13H3,(H,41,47)(H,42,48)/t21-,22+,23?,24+,25?,26?,27?,28?,29+,30+,31+,39?/m0/s1. The molecule has 0 aromatic carbocycles. The van der Waals surface area contributed by atoms with Crippen LogP contribution in [-0.4, -0.2) is 170 Å². The molecule has 0 aromatic heterocycles. The van der Waals surface area contributed by atoms with Gasteiger partial charge in [0.2, 0.25) is 0 Å². The Morgan fingerprint density at radius 1 is 0.814 bits per heavy atom. The number of carbonyl (C=O) groups excluding carboxylic acids is 4. The molecule has 0 radical (unpaired) electrons. The molecule has 59 heavy (non-hydrogen) atoms. The van der Waals surface area contributed by atoms with Gasteiger partial charge in [-0.2, -0.15) is 0 Å². The fraction of sp³-hybridized carbons (Fsp3) is 0.900. The number of hydrogen-bond donors (Lipinski definition) is 6. The third-order valence-corrected chi connectivity index (χ3v) is 10.6. The van der Waals surface area contributed by atoms with Crippen LogP contribution < -0.4 is 10.6 Å². The Labute approximate surface area is 347 Å². The lowest BCUT2D eigenvalue weighted by molar-refractivity contribution is -0.317. The van der Waals surface area contributed by atoms with Gasteiger partial charge in [0.1, 0.15) is 40.7 Å². The molecule has 19 nitrogen and oxygen atoms in total. The minimum atomic E-state index is -1.99. The third kappa shape index (κ3) is 12.5. The maximum atomic E-state index is 13.8. The van der Waals surface area contributed by atoms with Crippen LogP contribution in [0.2, 0.25) is 0 Å². The second-order valence-corrected chi connectivity index (χ2v) is 19.8. The fourth-order valence-corrected chi connectivity index (χ4v) is 7.80. The smallest absolute Gasteiger partial charge is 0.410 e. The van der Waals surface area contributed by atoms with Gasteiger partial charge >= 0.3 is 18.3 Å². The molecule has 12 atom stereocenters. The first-order valence-corrected chi connectivity index (χ1v) is 20.6. The zero-order valence-corrected chi connectivity index (χ0v) is 37.0. The molecule has 4 aliphatic rings. The van der Waals surface area contributed by atoms with E-state index in [1.807, 2.05) is 6.92 Å². The highest BCUT2D eigenvalue weighted by Crippen LogP contribution is 2.37. The Morgan fingerprint density at radius 3 is 1.95 bits per heavy atom. The van der Waals surface area contributed by atoms with Gasteiger partial charge in [-0.25, -0.2) is 14.4 Å². The van der Waals surface area contributed by atoms with Crippen LogP contribution in [0.15, 0.2) is 0 Å². The average Bonchev–Trinajstić information content (AvgIpc) is 3.05. The number of amides is 4. The van der Waals surface area contributed by atoms with Crippen molar-refractivity contribution in [2.24, 2.45) is 5.92 Å². The summed E-state index contributed by atoms with van der Waals surface area (Å²) in [6.45, 7) is 19.4. The molecule has 4 amide bonds. The number of hydrogen-bond acceptors (Lipinski definition) is 15. The molecule has 1 saturated carbocycles. The van der Waals surface area contributed by atoms with Crippen molar-refractivity contribution in [3.63, 3.8) is 0 Å². The number of likely N-dealkylation sites (N-methyl/N-ethyl adjacent to an activating group) is 1. The van der Waals surface area contributed by atoms with E-state index in [0.29, 0.717) is 19.3 Å². The van der Waals surface area contributed by atoms with Crippen LogP contribution in [-0.2, 0) is 38.0 Å². The van der Waals surface area contributed by atoms with E-state index in [9.17, 15) is 39.6 Å². The zero-order chi connectivity index (χ0) is 44.6. The van der Waals surface area contributed by atoms with Crippen LogP contribution in [0.4, 0.5) is 14.4 Å². The number of nitrogens with zero attached hydrogens (tertiary/aromatic N) is 2. The van der Waals surface area contributed by atoms with E-state index in [1.165, 1.54) is 18.9 Å². The van der Waals surface area contributed by atoms with E-state index in [4.69, 9.17) is 33.2 Å². The van der Waals surface area contributed by atoms with Crippen LogP contribution in [0.1, 0.15) is 109 Å². The van der Waals surface area contributed by atoms with E-state index in [2.05, 4.69) is 10.6 Å². The fourth-order valence-electron chi connectivity index (χ4n) is 7.80. The van der Waals surface area contributed by atoms with Crippen molar-refractivity contribution < 1.29 is 72.8 Å². The highest BCUT2D eigenvalue weighted by molar-refractivity contribution is 5.89. The molecule has 6 unspecified atom stereocenters. The van der Waals surface area contributed by atoms with Crippen molar-refractivity contribution in [3.8, 4) is 0 Å². The first kappa shape index (κ1) is 48.6. The molecule has 340 valence electrons. The van der Waals surface area contributed by atoms with Crippen molar-refractivity contribution in [2.75, 3.05) is 26.7 Å². The molecular weight excluding hydrogens is 776 g/mol. The summed E-state index contributed by atoms with van der Waals surface area (Å²) >= 11 is 0. The molecule has 4 fully saturated rings. The maximum Gasteiger partial charge on any atom is 0.410 e. The number of ether oxygens (including phenoxy) is 7. The first-order chi connectivity index (χ1) is 26.9. The molecule has 19 heteroatoms. The van der Waals surface area contributed by atoms with E-state index >= 15 is 0 Å². The lowest BCUT2D eigenvalue weighted by atomic mass is 9.79. The van der Waals surface area contributed by atoms with Gasteiger partial charge in [-0.05, 0) is 101 Å². The Bertz CT molecular complexity index is 1490. The number of aliphatic hydroxyl groups excluding tert-OH is 2. The summed E-state index contributed by atoms with van der Waals surface area (Å²) in [4.78, 5) is 54.6. The summed E-state index contributed by atoms with van der Waals surface area (Å²) in [5.41, 5.74) is -6.21. The predicted octanol–water partition coefficient (Wildman–Crippen LogP) is 2.14. The molecule has 6 N–H and O–H groups in total. The second-order valence-electron chi connectivity index (χ2n) is 19.8. The number of rotatable bonds is 9. The minimum absolute atomic E-state index is 0.111. The van der Waals surface area contributed by atoms with Gasteiger partial charge in [0.15, 0.2) is 18.2 Å². The molecule has 3 aliphatic heterocycles. The molecule has 4 rings (SSSR count). The lowest BCUT2D eigenvalue weighted by Crippen LogP contribution is -2.73. The van der Waals surface area contributed by atoms with Crippen LogP contribution in [0.25, 0.3) is 0 Å². The monoisotopic (exact) mass is 846 g/mol. The summed E-state index contributed by atoms with van der Waals surface area (Å²) in [6, 6.07) is -3.00. The van der Waals surface area contributed by atoms with Gasteiger partial charge in [-0.3, -0.25) is 4.79 Å². The Morgan fingerprint density at radius 2 is 1.39 bits per heavy atom. The summed E-state index contributed by atoms with van der Waals surface area (Å²) < 4.78 is 41.4. The molecular formula is C40H70N4O15. The third-order valence-electron chi connectivity index (χ3n) is 10.6. The molecule has 3 heterocycles. The topological polar surface area (TPSA) is 244 Å². The van der Waals surface area contributed by atoms with Crippen molar-refractivity contribution in [1.82, 2.24) is 20.4 Å². The Balaban J connectivity index is 1.61. The summed E-state index contributed by atoms with van der Waals surface area (Å²) in [6.07, 6.45) is -8.75. The second kappa shape index (κ2) is 18.1. The summed E-state index contributed by atoms with van der Waals surface area (Å²) in [5, 5.41) is 52.2. The van der Waals surface area contributed by atoms with Gasteiger partial charge in [-0.1, -0.05) is 13.8 Å². The van der Waals surface area contributed by atoms with Crippen molar-refractivity contribution in [3.05, 3.63) is 0 Å². The van der Waals surface area contributed by atoms with Gasteiger partial charge in [-0.15, -0.1) is 0 Å². The number of carbonyl (C=O) groups is 4. The highest BCUT2D eigenvalue weighted by Gasteiger charge is 2.56. The SMILES string of the molecule is CC[C@@H]1CCC(NC(=O)OC(C)(C)C)[C@@H](OC2C(O)C(O[C@H]3OCC(C)(O)[C@H](N(C)C(=O)OC(C)(C)C)C3O)[C@H](NC(=O)C3(O)CN(C(=O)OC(C)(C)C)C3)C[C@@H]2C)O1. The Kier molecular flexibility index (Phi) is 14.9. The number of alkyl carbamates (subject to hydrolysis) is 1. The molecule has 3 saturated heterocycles. The van der Waals surface area contributed by atoms with Gasteiger partial charge in [0.25, 0.3) is 5.91 Å². The molecule has 0 aromatic rings. The van der Waals surface area contributed by atoms with Crippen molar-refractivity contribution in [1.29, 1.82) is 0 Å². The van der Waals surface area contributed by atoms with E-state index < -0.39 is 120 Å². The van der Waals surface area contributed by atoms with E-state index in [0.717, 1.165) is 4.90 Å². The number of likely N-dealkylation sites (tertiary alicyclic amines) is 1. The average molecular weight is 847 g/mol. The quantitative estimate of drug-likeness (QED) is 0.182. The van der Waals surface area contributed by atoms with Gasteiger partial charge in [0.05, 0.1) is 50.0 Å².